The largest absolute Gasteiger partial charge is 0.396 e. The van der Waals surface area contributed by atoms with Gasteiger partial charge in [-0.2, -0.15) is 0 Å². The average Bonchev–Trinajstić information content (AvgIpc) is 2.41. The second-order valence-electron chi connectivity index (χ2n) is 4.78. The Bertz CT molecular complexity index is 442. The Morgan fingerprint density at radius 1 is 1.42 bits per heavy atom. The molecule has 1 atom stereocenters. The third kappa shape index (κ3) is 2.96. The van der Waals surface area contributed by atoms with Gasteiger partial charge in [-0.3, -0.25) is 14.7 Å². The van der Waals surface area contributed by atoms with Crippen molar-refractivity contribution in [2.24, 2.45) is 5.73 Å². The van der Waals surface area contributed by atoms with E-state index in [9.17, 15) is 4.79 Å². The second-order valence-corrected chi connectivity index (χ2v) is 4.78. The van der Waals surface area contributed by atoms with Crippen LogP contribution in [0, 0.1) is 0 Å². The van der Waals surface area contributed by atoms with Gasteiger partial charge < -0.3 is 16.4 Å². The van der Waals surface area contributed by atoms with E-state index < -0.39 is 0 Å². The summed E-state index contributed by atoms with van der Waals surface area (Å²) >= 11 is 0. The molecule has 1 aromatic rings. The number of primary amides is 1. The predicted octanol–water partition coefficient (Wildman–Crippen LogP) is 0.0497. The standard InChI is InChI=1S/C13H21N5O/c1-2-11(13(15)19)17-5-7-18(8-6-17)12-3-4-16-9-10(12)14/h3-4,9,11H,2,5-8,14H2,1H3,(H2,15,19). The lowest BCUT2D eigenvalue weighted by molar-refractivity contribution is -0.123. The van der Waals surface area contributed by atoms with Gasteiger partial charge in [0.25, 0.3) is 0 Å². The second kappa shape index (κ2) is 5.88. The Labute approximate surface area is 113 Å². The molecule has 6 nitrogen and oxygen atoms in total. The zero-order chi connectivity index (χ0) is 13.8. The SMILES string of the molecule is CCC(C(N)=O)N1CCN(c2ccncc2N)CC1. The van der Waals surface area contributed by atoms with E-state index in [-0.39, 0.29) is 11.9 Å². The maximum absolute atomic E-state index is 11.4. The first-order valence-electron chi connectivity index (χ1n) is 6.61. The number of pyridine rings is 1. The highest BCUT2D eigenvalue weighted by atomic mass is 16.1. The Hall–Kier alpha value is -1.82. The molecule has 0 spiro atoms. The van der Waals surface area contributed by atoms with Gasteiger partial charge in [-0.05, 0) is 12.5 Å². The maximum atomic E-state index is 11.4. The highest BCUT2D eigenvalue weighted by Gasteiger charge is 2.26. The third-order valence-corrected chi connectivity index (χ3v) is 3.64. The number of carbonyl (C=O) groups is 1. The van der Waals surface area contributed by atoms with Crippen molar-refractivity contribution in [2.75, 3.05) is 36.8 Å². The number of nitrogens with two attached hydrogens (primary N) is 2. The lowest BCUT2D eigenvalue weighted by Crippen LogP contribution is -2.54. The molecule has 2 heterocycles. The summed E-state index contributed by atoms with van der Waals surface area (Å²) in [6.45, 7) is 5.32. The summed E-state index contributed by atoms with van der Waals surface area (Å²) in [4.78, 5) is 19.7. The Morgan fingerprint density at radius 3 is 2.63 bits per heavy atom. The van der Waals surface area contributed by atoms with Crippen LogP contribution in [0.2, 0.25) is 0 Å². The van der Waals surface area contributed by atoms with E-state index in [4.69, 9.17) is 11.5 Å². The molecule has 2 rings (SSSR count). The molecule has 0 saturated carbocycles. The molecular formula is C13H21N5O. The minimum absolute atomic E-state index is 0.156. The fourth-order valence-corrected chi connectivity index (χ4v) is 2.60. The van der Waals surface area contributed by atoms with Crippen molar-refractivity contribution in [3.05, 3.63) is 18.5 Å². The number of rotatable bonds is 4. The van der Waals surface area contributed by atoms with Crippen LogP contribution in [0.15, 0.2) is 18.5 Å². The van der Waals surface area contributed by atoms with E-state index in [1.807, 2.05) is 13.0 Å². The number of hydrogen-bond acceptors (Lipinski definition) is 5. The lowest BCUT2D eigenvalue weighted by Gasteiger charge is -2.39. The van der Waals surface area contributed by atoms with Gasteiger partial charge >= 0.3 is 0 Å². The van der Waals surface area contributed by atoms with Crippen molar-refractivity contribution < 1.29 is 4.79 Å². The molecule has 1 aliphatic rings. The van der Waals surface area contributed by atoms with Crippen molar-refractivity contribution in [1.82, 2.24) is 9.88 Å². The fraction of sp³-hybridized carbons (Fsp3) is 0.538. The van der Waals surface area contributed by atoms with Crippen LogP contribution in [-0.4, -0.2) is 48.0 Å². The van der Waals surface area contributed by atoms with E-state index in [0.717, 1.165) is 38.3 Å². The zero-order valence-electron chi connectivity index (χ0n) is 11.2. The Balaban J connectivity index is 2.00. The van der Waals surface area contributed by atoms with Gasteiger partial charge in [0.15, 0.2) is 0 Å². The summed E-state index contributed by atoms with van der Waals surface area (Å²) in [7, 11) is 0. The van der Waals surface area contributed by atoms with E-state index in [0.29, 0.717) is 5.69 Å². The minimum atomic E-state index is -0.237. The molecular weight excluding hydrogens is 242 g/mol. The predicted molar refractivity (Wildman–Crippen MR) is 75.7 cm³/mol. The number of anilines is 2. The Morgan fingerprint density at radius 2 is 2.11 bits per heavy atom. The molecule has 1 amide bonds. The van der Waals surface area contributed by atoms with Crippen LogP contribution in [0.5, 0.6) is 0 Å². The van der Waals surface area contributed by atoms with Gasteiger partial charge in [0, 0.05) is 32.4 Å². The van der Waals surface area contributed by atoms with Crippen LogP contribution >= 0.6 is 0 Å². The first-order valence-corrected chi connectivity index (χ1v) is 6.61. The van der Waals surface area contributed by atoms with Crippen LogP contribution < -0.4 is 16.4 Å². The number of nitrogen functional groups attached to an aromatic ring is 1. The van der Waals surface area contributed by atoms with E-state index in [1.165, 1.54) is 0 Å². The highest BCUT2D eigenvalue weighted by molar-refractivity contribution is 5.79. The zero-order valence-corrected chi connectivity index (χ0v) is 11.2. The molecule has 19 heavy (non-hydrogen) atoms. The molecule has 1 fully saturated rings. The topological polar surface area (TPSA) is 88.5 Å². The monoisotopic (exact) mass is 263 g/mol. The Kier molecular flexibility index (Phi) is 4.21. The number of nitrogens with zero attached hydrogens (tertiary/aromatic N) is 3. The molecule has 1 aliphatic heterocycles. The van der Waals surface area contributed by atoms with Gasteiger partial charge in [0.1, 0.15) is 0 Å². The summed E-state index contributed by atoms with van der Waals surface area (Å²) in [6, 6.07) is 1.77. The highest BCUT2D eigenvalue weighted by Crippen LogP contribution is 2.23. The summed E-state index contributed by atoms with van der Waals surface area (Å²) < 4.78 is 0. The van der Waals surface area contributed by atoms with Gasteiger partial charge in [-0.25, -0.2) is 0 Å². The molecule has 1 aromatic heterocycles. The van der Waals surface area contributed by atoms with Crippen molar-refractivity contribution in [1.29, 1.82) is 0 Å². The van der Waals surface area contributed by atoms with Crippen molar-refractivity contribution in [3.63, 3.8) is 0 Å². The van der Waals surface area contributed by atoms with Crippen LogP contribution in [-0.2, 0) is 4.79 Å². The molecule has 0 aliphatic carbocycles. The van der Waals surface area contributed by atoms with Gasteiger partial charge in [0.05, 0.1) is 23.6 Å². The normalized spacial score (nSPS) is 18.3. The molecule has 104 valence electrons. The number of amides is 1. The van der Waals surface area contributed by atoms with Gasteiger partial charge in [-0.1, -0.05) is 6.92 Å². The number of piperazine rings is 1. The van der Waals surface area contributed by atoms with Crippen molar-refractivity contribution >= 4 is 17.3 Å². The maximum Gasteiger partial charge on any atom is 0.234 e. The van der Waals surface area contributed by atoms with Crippen LogP contribution in [0.4, 0.5) is 11.4 Å². The van der Waals surface area contributed by atoms with Crippen LogP contribution in [0.1, 0.15) is 13.3 Å². The number of aromatic nitrogens is 1. The number of carbonyl (C=O) groups excluding carboxylic acids is 1. The van der Waals surface area contributed by atoms with Gasteiger partial charge in [-0.15, -0.1) is 0 Å². The summed E-state index contributed by atoms with van der Waals surface area (Å²) in [5.41, 5.74) is 13.1. The molecule has 0 aromatic carbocycles. The number of hydrogen-bond donors (Lipinski definition) is 2. The average molecular weight is 263 g/mol. The summed E-state index contributed by atoms with van der Waals surface area (Å²) in [5, 5.41) is 0. The summed E-state index contributed by atoms with van der Waals surface area (Å²) in [5.74, 6) is -0.237. The lowest BCUT2D eigenvalue weighted by atomic mass is 10.1. The first-order chi connectivity index (χ1) is 9.13. The van der Waals surface area contributed by atoms with E-state index in [2.05, 4.69) is 14.8 Å². The van der Waals surface area contributed by atoms with E-state index in [1.54, 1.807) is 12.4 Å². The van der Waals surface area contributed by atoms with Crippen molar-refractivity contribution in [2.45, 2.75) is 19.4 Å². The third-order valence-electron chi connectivity index (χ3n) is 3.64. The summed E-state index contributed by atoms with van der Waals surface area (Å²) in [6.07, 6.45) is 4.17. The quantitative estimate of drug-likeness (QED) is 0.801. The minimum Gasteiger partial charge on any atom is -0.396 e. The molecule has 6 heteroatoms. The fourth-order valence-electron chi connectivity index (χ4n) is 2.60. The molecule has 0 radical (unpaired) electrons. The molecule has 1 unspecified atom stereocenters. The smallest absolute Gasteiger partial charge is 0.234 e. The molecule has 1 saturated heterocycles. The van der Waals surface area contributed by atoms with Crippen molar-refractivity contribution in [3.8, 4) is 0 Å². The first kappa shape index (κ1) is 13.6. The van der Waals surface area contributed by atoms with Crippen LogP contribution in [0.25, 0.3) is 0 Å². The van der Waals surface area contributed by atoms with Gasteiger partial charge in [0.2, 0.25) is 5.91 Å². The molecule has 0 bridgehead atoms. The molecule has 4 N–H and O–H groups in total. The van der Waals surface area contributed by atoms with Crippen LogP contribution in [0.3, 0.4) is 0 Å². The van der Waals surface area contributed by atoms with E-state index >= 15 is 0 Å².